The fourth-order valence-corrected chi connectivity index (χ4v) is 13.9. The van der Waals surface area contributed by atoms with E-state index in [1.54, 1.807) is 15.6 Å². The fourth-order valence-electron chi connectivity index (χ4n) is 4.36. The zero-order valence-electron chi connectivity index (χ0n) is 15.7. The molecule has 0 fully saturated rings. The maximum Gasteiger partial charge on any atom is 0.221 e. The van der Waals surface area contributed by atoms with Crippen molar-refractivity contribution in [2.75, 3.05) is 0 Å². The molecule has 0 radical (unpaired) electrons. The van der Waals surface area contributed by atoms with Crippen molar-refractivity contribution >= 4 is 32.0 Å². The quantitative estimate of drug-likeness (QED) is 0.744. The van der Waals surface area contributed by atoms with Gasteiger partial charge in [-0.3, -0.25) is 0 Å². The van der Waals surface area contributed by atoms with E-state index < -0.39 is 16.4 Å². The highest BCUT2D eigenvalue weighted by molar-refractivity contribution is 7.06. The Kier molecular flexibility index (Phi) is 4.62. The van der Waals surface area contributed by atoms with E-state index >= 15 is 0 Å². The summed E-state index contributed by atoms with van der Waals surface area (Å²) in [5.74, 6) is 0. The van der Waals surface area contributed by atoms with Crippen LogP contribution in [0, 0.1) is 0 Å². The Hall–Kier alpha value is -1.17. The van der Waals surface area contributed by atoms with Crippen molar-refractivity contribution in [1.29, 1.82) is 0 Å². The Morgan fingerprint density at radius 3 is 2.00 bits per heavy atom. The second-order valence-corrected chi connectivity index (χ2v) is 16.5. The molecule has 1 nitrogen and oxygen atoms in total. The lowest BCUT2D eigenvalue weighted by Crippen LogP contribution is -2.65. The summed E-state index contributed by atoms with van der Waals surface area (Å²) in [4.78, 5) is 0. The van der Waals surface area contributed by atoms with Crippen LogP contribution in [0.3, 0.4) is 0 Å². The standard InChI is InChI=1S/C21H30OSi2/c1-21(2,3)22-24(5)17-11-16-23(4,18-12-7-6-8-13-18)19-14-9-10-15-20(19)24/h6-10,12-15H,11,16-17H2,1-5H3/t23-,24-/m1/s1. The largest absolute Gasteiger partial charge is 0.408 e. The number of hydrogen-bond acceptors (Lipinski definition) is 1. The molecule has 3 rings (SSSR count). The van der Waals surface area contributed by atoms with E-state index in [0.717, 1.165) is 0 Å². The van der Waals surface area contributed by atoms with Gasteiger partial charge in [0, 0.05) is 5.60 Å². The van der Waals surface area contributed by atoms with Crippen molar-refractivity contribution in [2.24, 2.45) is 0 Å². The summed E-state index contributed by atoms with van der Waals surface area (Å²) in [6.45, 7) is 11.6. The van der Waals surface area contributed by atoms with E-state index in [4.69, 9.17) is 4.43 Å². The van der Waals surface area contributed by atoms with E-state index in [-0.39, 0.29) is 5.60 Å². The molecule has 128 valence electrons. The van der Waals surface area contributed by atoms with Crippen molar-refractivity contribution in [3.8, 4) is 0 Å². The van der Waals surface area contributed by atoms with Gasteiger partial charge in [0.25, 0.3) is 0 Å². The summed E-state index contributed by atoms with van der Waals surface area (Å²) >= 11 is 0. The van der Waals surface area contributed by atoms with Gasteiger partial charge in [-0.05, 0) is 44.6 Å². The molecule has 0 N–H and O–H groups in total. The molecule has 0 amide bonds. The molecule has 1 heterocycles. The zero-order valence-corrected chi connectivity index (χ0v) is 17.7. The van der Waals surface area contributed by atoms with Gasteiger partial charge >= 0.3 is 0 Å². The molecule has 0 aliphatic carbocycles. The highest BCUT2D eigenvalue weighted by Gasteiger charge is 2.45. The summed E-state index contributed by atoms with van der Waals surface area (Å²) < 4.78 is 6.76. The molecule has 2 aromatic rings. The number of fused-ring (bicyclic) bond motifs is 1. The molecule has 2 aromatic carbocycles. The molecule has 0 aromatic heterocycles. The summed E-state index contributed by atoms with van der Waals surface area (Å²) in [5.41, 5.74) is -0.0802. The highest BCUT2D eigenvalue weighted by Crippen LogP contribution is 2.28. The molecule has 0 bridgehead atoms. The molecule has 24 heavy (non-hydrogen) atoms. The van der Waals surface area contributed by atoms with E-state index in [0.29, 0.717) is 0 Å². The maximum absolute atomic E-state index is 6.76. The summed E-state index contributed by atoms with van der Waals surface area (Å²) in [6, 6.07) is 23.0. The summed E-state index contributed by atoms with van der Waals surface area (Å²) in [6.07, 6.45) is 1.28. The SMILES string of the molecule is CC(C)(C)O[Si@]1(C)CCC[Si@](C)(c2ccccc2)c2ccccc21. The van der Waals surface area contributed by atoms with Crippen molar-refractivity contribution in [2.45, 2.75) is 58.0 Å². The number of hydrogen-bond donors (Lipinski definition) is 0. The Bertz CT molecular complexity index is 707. The second kappa shape index (κ2) is 6.28. The molecule has 3 heteroatoms. The van der Waals surface area contributed by atoms with E-state index in [9.17, 15) is 0 Å². The van der Waals surface area contributed by atoms with Crippen molar-refractivity contribution < 1.29 is 4.43 Å². The number of benzene rings is 2. The smallest absolute Gasteiger partial charge is 0.221 e. The number of rotatable bonds is 2. The minimum atomic E-state index is -1.93. The van der Waals surface area contributed by atoms with Gasteiger partial charge in [0.15, 0.2) is 0 Å². The molecule has 1 aliphatic rings. The van der Waals surface area contributed by atoms with Crippen LogP contribution >= 0.6 is 0 Å². The molecule has 0 unspecified atom stereocenters. The van der Waals surface area contributed by atoms with Gasteiger partial charge in [-0.15, -0.1) is 0 Å². The van der Waals surface area contributed by atoms with Crippen molar-refractivity contribution in [1.82, 2.24) is 0 Å². The first kappa shape index (κ1) is 17.7. The van der Waals surface area contributed by atoms with Crippen LogP contribution in [-0.4, -0.2) is 22.0 Å². The van der Waals surface area contributed by atoms with Crippen LogP contribution in [0.15, 0.2) is 54.6 Å². The lowest BCUT2D eigenvalue weighted by atomic mass is 10.2. The molecule has 0 saturated carbocycles. The Balaban J connectivity index is 2.16. The normalized spacial score (nSPS) is 27.4. The molecular weight excluding hydrogens is 324 g/mol. The second-order valence-electron chi connectivity index (χ2n) is 8.54. The van der Waals surface area contributed by atoms with Crippen LogP contribution in [0.1, 0.15) is 27.2 Å². The minimum Gasteiger partial charge on any atom is -0.408 e. The predicted octanol–water partition coefficient (Wildman–Crippen LogP) is 3.88. The lowest BCUT2D eigenvalue weighted by Gasteiger charge is -2.37. The average Bonchev–Trinajstić information content (AvgIpc) is 2.64. The van der Waals surface area contributed by atoms with Gasteiger partial charge in [-0.1, -0.05) is 77.9 Å². The van der Waals surface area contributed by atoms with Crippen molar-refractivity contribution in [3.63, 3.8) is 0 Å². The Labute approximate surface area is 149 Å². The Morgan fingerprint density at radius 1 is 0.792 bits per heavy atom. The zero-order chi connectivity index (χ0) is 17.4. The van der Waals surface area contributed by atoms with Gasteiger partial charge in [0.2, 0.25) is 8.32 Å². The topological polar surface area (TPSA) is 9.23 Å². The molecule has 1 aliphatic heterocycles. The van der Waals surface area contributed by atoms with Crippen LogP contribution in [-0.2, 0) is 4.43 Å². The van der Waals surface area contributed by atoms with Crippen LogP contribution in [0.25, 0.3) is 0 Å². The van der Waals surface area contributed by atoms with E-state index in [1.807, 2.05) is 0 Å². The molecule has 2 atom stereocenters. The van der Waals surface area contributed by atoms with E-state index in [2.05, 4.69) is 88.5 Å². The predicted molar refractivity (Wildman–Crippen MR) is 110 cm³/mol. The van der Waals surface area contributed by atoms with Crippen molar-refractivity contribution in [3.05, 3.63) is 54.6 Å². The van der Waals surface area contributed by atoms with E-state index in [1.165, 1.54) is 18.5 Å². The fraction of sp³-hybridized carbons (Fsp3) is 0.429. The summed E-state index contributed by atoms with van der Waals surface area (Å²) in [5, 5.41) is 4.73. The lowest BCUT2D eigenvalue weighted by molar-refractivity contribution is 0.123. The maximum atomic E-state index is 6.76. The third kappa shape index (κ3) is 3.30. The summed E-state index contributed by atoms with van der Waals surface area (Å²) in [7, 11) is -3.62. The van der Waals surface area contributed by atoms with Crippen LogP contribution in [0.4, 0.5) is 0 Å². The molecule has 0 spiro atoms. The monoisotopic (exact) mass is 354 g/mol. The van der Waals surface area contributed by atoms with Gasteiger partial charge in [-0.25, -0.2) is 0 Å². The van der Waals surface area contributed by atoms with Gasteiger partial charge in [0.05, 0.1) is 0 Å². The first-order valence-corrected chi connectivity index (χ1v) is 14.4. The van der Waals surface area contributed by atoms with Crippen LogP contribution in [0.5, 0.6) is 0 Å². The third-order valence-corrected chi connectivity index (χ3v) is 14.1. The van der Waals surface area contributed by atoms with Crippen LogP contribution < -0.4 is 15.6 Å². The van der Waals surface area contributed by atoms with Gasteiger partial charge < -0.3 is 4.43 Å². The highest BCUT2D eigenvalue weighted by atomic mass is 28.4. The Morgan fingerprint density at radius 2 is 1.38 bits per heavy atom. The van der Waals surface area contributed by atoms with Gasteiger partial charge in [-0.2, -0.15) is 0 Å². The van der Waals surface area contributed by atoms with Gasteiger partial charge in [0.1, 0.15) is 8.07 Å². The third-order valence-electron chi connectivity index (χ3n) is 5.36. The first-order chi connectivity index (χ1) is 11.2. The average molecular weight is 355 g/mol. The molecule has 0 saturated heterocycles. The first-order valence-electron chi connectivity index (χ1n) is 9.10. The van der Waals surface area contributed by atoms with Crippen LogP contribution in [0.2, 0.25) is 25.2 Å². The minimum absolute atomic E-state index is 0.0802. The molecular formula is C21H30OSi2.